The summed E-state index contributed by atoms with van der Waals surface area (Å²) in [5.74, 6) is 0.336. The molecule has 0 aromatic heterocycles. The first-order valence-corrected chi connectivity index (χ1v) is 7.92. The van der Waals surface area contributed by atoms with Gasteiger partial charge >= 0.3 is 5.97 Å². The third kappa shape index (κ3) is 7.98. The highest BCUT2D eigenvalue weighted by Gasteiger charge is 2.08. The van der Waals surface area contributed by atoms with E-state index in [-0.39, 0.29) is 5.97 Å². The first-order valence-electron chi connectivity index (χ1n) is 7.92. The summed E-state index contributed by atoms with van der Waals surface area (Å²) in [6.45, 7) is 4.85. The van der Waals surface area contributed by atoms with Crippen molar-refractivity contribution in [2.75, 3.05) is 6.61 Å². The zero-order valence-electron chi connectivity index (χ0n) is 12.9. The summed E-state index contributed by atoms with van der Waals surface area (Å²) < 4.78 is 5.34. The molecule has 0 fully saturated rings. The maximum Gasteiger partial charge on any atom is 0.305 e. The lowest BCUT2D eigenvalue weighted by Crippen LogP contribution is -2.13. The average molecular weight is 276 g/mol. The first-order chi connectivity index (χ1) is 9.72. The molecule has 0 heterocycles. The van der Waals surface area contributed by atoms with Crippen molar-refractivity contribution >= 4 is 5.97 Å². The Morgan fingerprint density at radius 1 is 1.10 bits per heavy atom. The normalized spacial score (nSPS) is 12.1. The lowest BCUT2D eigenvalue weighted by molar-refractivity contribution is -0.145. The fraction of sp³-hybridized carbons (Fsp3) is 0.611. The van der Waals surface area contributed by atoms with Gasteiger partial charge in [-0.25, -0.2) is 0 Å². The number of hydrogen-bond donors (Lipinski definition) is 0. The molecule has 20 heavy (non-hydrogen) atoms. The first kappa shape index (κ1) is 16.7. The van der Waals surface area contributed by atoms with E-state index in [0.29, 0.717) is 18.9 Å². The van der Waals surface area contributed by atoms with Crippen LogP contribution in [-0.2, 0) is 16.0 Å². The standard InChI is InChI=1S/C18H28O2/c1-3-4-5-6-10-13-18(19)20-15-16(2)14-17-11-8-7-9-12-17/h7-9,11-12,16H,3-6,10,13-15H2,1-2H3/t16-/m0/s1. The summed E-state index contributed by atoms with van der Waals surface area (Å²) >= 11 is 0. The van der Waals surface area contributed by atoms with Gasteiger partial charge in [-0.3, -0.25) is 4.79 Å². The fourth-order valence-electron chi connectivity index (χ4n) is 2.26. The highest BCUT2D eigenvalue weighted by molar-refractivity contribution is 5.69. The molecular weight excluding hydrogens is 248 g/mol. The number of ether oxygens (including phenoxy) is 1. The van der Waals surface area contributed by atoms with Gasteiger partial charge in [0.1, 0.15) is 0 Å². The van der Waals surface area contributed by atoms with E-state index in [2.05, 4.69) is 26.0 Å². The van der Waals surface area contributed by atoms with E-state index in [1.54, 1.807) is 0 Å². The molecule has 0 spiro atoms. The Hall–Kier alpha value is -1.31. The molecule has 1 rings (SSSR count). The van der Waals surface area contributed by atoms with Crippen LogP contribution in [-0.4, -0.2) is 12.6 Å². The van der Waals surface area contributed by atoms with Crippen molar-refractivity contribution in [3.63, 3.8) is 0 Å². The van der Waals surface area contributed by atoms with Crippen molar-refractivity contribution < 1.29 is 9.53 Å². The van der Waals surface area contributed by atoms with Crippen LogP contribution in [0.25, 0.3) is 0 Å². The molecule has 0 radical (unpaired) electrons. The van der Waals surface area contributed by atoms with Crippen molar-refractivity contribution in [2.45, 2.75) is 58.8 Å². The van der Waals surface area contributed by atoms with Gasteiger partial charge in [0.2, 0.25) is 0 Å². The Morgan fingerprint density at radius 2 is 1.80 bits per heavy atom. The van der Waals surface area contributed by atoms with E-state index in [1.807, 2.05) is 18.2 Å². The summed E-state index contributed by atoms with van der Waals surface area (Å²) in [5.41, 5.74) is 1.30. The lowest BCUT2D eigenvalue weighted by atomic mass is 10.0. The third-order valence-corrected chi connectivity index (χ3v) is 3.44. The van der Waals surface area contributed by atoms with Gasteiger partial charge in [0.15, 0.2) is 0 Å². The fourth-order valence-corrected chi connectivity index (χ4v) is 2.26. The SMILES string of the molecule is CCCCCCCC(=O)OC[C@@H](C)Cc1ccccc1. The van der Waals surface area contributed by atoms with E-state index < -0.39 is 0 Å². The van der Waals surface area contributed by atoms with Crippen LogP contribution in [0.4, 0.5) is 0 Å². The van der Waals surface area contributed by atoms with Gasteiger partial charge in [-0.2, -0.15) is 0 Å². The van der Waals surface area contributed by atoms with Gasteiger partial charge in [0.25, 0.3) is 0 Å². The van der Waals surface area contributed by atoms with Crippen LogP contribution in [0.5, 0.6) is 0 Å². The topological polar surface area (TPSA) is 26.3 Å². The van der Waals surface area contributed by atoms with Gasteiger partial charge < -0.3 is 4.74 Å². The molecule has 1 aromatic carbocycles. The van der Waals surface area contributed by atoms with Crippen LogP contribution >= 0.6 is 0 Å². The molecular formula is C18H28O2. The van der Waals surface area contributed by atoms with Crippen LogP contribution in [0.3, 0.4) is 0 Å². The molecule has 0 aliphatic carbocycles. The maximum absolute atomic E-state index is 11.6. The molecule has 1 atom stereocenters. The second-order valence-electron chi connectivity index (χ2n) is 5.64. The highest BCUT2D eigenvalue weighted by atomic mass is 16.5. The van der Waals surface area contributed by atoms with Gasteiger partial charge in [0.05, 0.1) is 6.61 Å². The van der Waals surface area contributed by atoms with E-state index in [4.69, 9.17) is 4.74 Å². The Bertz CT molecular complexity index is 359. The molecule has 0 saturated heterocycles. The molecule has 2 nitrogen and oxygen atoms in total. The Morgan fingerprint density at radius 3 is 2.50 bits per heavy atom. The molecule has 0 aliphatic heterocycles. The quantitative estimate of drug-likeness (QED) is 0.454. The Kier molecular flexibility index (Phi) is 8.77. The number of hydrogen-bond acceptors (Lipinski definition) is 2. The number of benzene rings is 1. The van der Waals surface area contributed by atoms with Gasteiger partial charge in [-0.05, 0) is 24.3 Å². The maximum atomic E-state index is 11.6. The zero-order chi connectivity index (χ0) is 14.6. The van der Waals surface area contributed by atoms with Crippen molar-refractivity contribution in [3.8, 4) is 0 Å². The summed E-state index contributed by atoms with van der Waals surface area (Å²) in [6, 6.07) is 10.3. The molecule has 0 aliphatic rings. The Labute approximate surface area is 123 Å². The molecule has 2 heteroatoms. The van der Waals surface area contributed by atoms with Gasteiger partial charge in [-0.1, -0.05) is 69.9 Å². The number of rotatable bonds is 10. The summed E-state index contributed by atoms with van der Waals surface area (Å²) in [6.07, 6.45) is 7.37. The molecule has 0 saturated carbocycles. The predicted octanol–water partition coefficient (Wildman–Crippen LogP) is 4.77. The number of esters is 1. The van der Waals surface area contributed by atoms with Crippen LogP contribution in [0.2, 0.25) is 0 Å². The summed E-state index contributed by atoms with van der Waals surface area (Å²) in [4.78, 5) is 11.6. The van der Waals surface area contributed by atoms with E-state index >= 15 is 0 Å². The van der Waals surface area contributed by atoms with Gasteiger partial charge in [-0.15, -0.1) is 0 Å². The minimum atomic E-state index is -0.0404. The summed E-state index contributed by atoms with van der Waals surface area (Å²) in [7, 11) is 0. The Balaban J connectivity index is 2.08. The monoisotopic (exact) mass is 276 g/mol. The second kappa shape index (κ2) is 10.5. The van der Waals surface area contributed by atoms with E-state index in [1.165, 1.54) is 24.8 Å². The predicted molar refractivity (Wildman–Crippen MR) is 83.6 cm³/mol. The zero-order valence-corrected chi connectivity index (χ0v) is 12.9. The summed E-state index contributed by atoms with van der Waals surface area (Å²) in [5, 5.41) is 0. The second-order valence-corrected chi connectivity index (χ2v) is 5.64. The lowest BCUT2D eigenvalue weighted by Gasteiger charge is -2.12. The van der Waals surface area contributed by atoms with E-state index in [0.717, 1.165) is 19.3 Å². The van der Waals surface area contributed by atoms with Crippen LogP contribution in [0.1, 0.15) is 57.9 Å². The van der Waals surface area contributed by atoms with Crippen LogP contribution < -0.4 is 0 Å². The number of unbranched alkanes of at least 4 members (excludes halogenated alkanes) is 4. The van der Waals surface area contributed by atoms with Crippen molar-refractivity contribution in [1.29, 1.82) is 0 Å². The van der Waals surface area contributed by atoms with Gasteiger partial charge in [0, 0.05) is 6.42 Å². The van der Waals surface area contributed by atoms with Crippen LogP contribution in [0, 0.1) is 5.92 Å². The molecule has 0 amide bonds. The van der Waals surface area contributed by atoms with Crippen LogP contribution in [0.15, 0.2) is 30.3 Å². The third-order valence-electron chi connectivity index (χ3n) is 3.44. The largest absolute Gasteiger partial charge is 0.465 e. The van der Waals surface area contributed by atoms with Crippen molar-refractivity contribution in [2.24, 2.45) is 5.92 Å². The average Bonchev–Trinajstić information content (AvgIpc) is 2.46. The molecule has 0 unspecified atom stereocenters. The van der Waals surface area contributed by atoms with Crippen molar-refractivity contribution in [1.82, 2.24) is 0 Å². The molecule has 112 valence electrons. The number of carbonyl (C=O) groups is 1. The van der Waals surface area contributed by atoms with Crippen molar-refractivity contribution in [3.05, 3.63) is 35.9 Å². The smallest absolute Gasteiger partial charge is 0.305 e. The molecule has 0 bridgehead atoms. The minimum absolute atomic E-state index is 0.0404. The number of carbonyl (C=O) groups excluding carboxylic acids is 1. The molecule has 1 aromatic rings. The minimum Gasteiger partial charge on any atom is -0.465 e. The highest BCUT2D eigenvalue weighted by Crippen LogP contribution is 2.10. The van der Waals surface area contributed by atoms with E-state index in [9.17, 15) is 4.79 Å². The molecule has 0 N–H and O–H groups in total.